The molecule has 2 heteroatoms. The number of hydrogen-bond acceptors (Lipinski definition) is 2. The first-order chi connectivity index (χ1) is 7.72. The van der Waals surface area contributed by atoms with E-state index in [2.05, 4.69) is 5.32 Å². The fraction of sp³-hybridized carbons (Fsp3) is 0.143. The van der Waals surface area contributed by atoms with Crippen molar-refractivity contribution < 1.29 is 0 Å². The summed E-state index contributed by atoms with van der Waals surface area (Å²) >= 11 is 0. The van der Waals surface area contributed by atoms with E-state index in [0.29, 0.717) is 0 Å². The van der Waals surface area contributed by atoms with Gasteiger partial charge in [-0.2, -0.15) is 0 Å². The predicted molar refractivity (Wildman–Crippen MR) is 71.6 cm³/mol. The first-order valence-electron chi connectivity index (χ1n) is 5.27. The summed E-state index contributed by atoms with van der Waals surface area (Å²) in [6.07, 6.45) is 0. The zero-order valence-corrected chi connectivity index (χ0v) is 9.77. The molecule has 0 radical (unpaired) electrons. The lowest BCUT2D eigenvalue weighted by Gasteiger charge is -1.94. The van der Waals surface area contributed by atoms with Crippen molar-refractivity contribution >= 4 is 11.4 Å². The molecule has 0 bridgehead atoms. The molecule has 3 N–H and O–H groups in total. The summed E-state index contributed by atoms with van der Waals surface area (Å²) in [4.78, 5) is 0. The molecule has 2 aromatic carbocycles. The number of nitrogen functional groups attached to an aromatic ring is 1. The van der Waals surface area contributed by atoms with Crippen molar-refractivity contribution in [3.63, 3.8) is 0 Å². The zero-order valence-electron chi connectivity index (χ0n) is 9.77. The molecule has 2 rings (SSSR count). The van der Waals surface area contributed by atoms with Gasteiger partial charge in [0, 0.05) is 18.4 Å². The van der Waals surface area contributed by atoms with Gasteiger partial charge in [-0.05, 0) is 36.8 Å². The van der Waals surface area contributed by atoms with Gasteiger partial charge in [-0.25, -0.2) is 0 Å². The number of aryl methyl sites for hydroxylation is 1. The quantitative estimate of drug-likeness (QED) is 0.715. The molecule has 0 atom stereocenters. The van der Waals surface area contributed by atoms with E-state index in [1.165, 1.54) is 5.56 Å². The second kappa shape index (κ2) is 6.51. The maximum Gasteiger partial charge on any atom is 0.0337 e. The van der Waals surface area contributed by atoms with Crippen molar-refractivity contribution in [3.8, 4) is 0 Å². The number of nitrogens with one attached hydrogen (secondary N) is 1. The molecule has 84 valence electrons. The van der Waals surface area contributed by atoms with E-state index in [0.717, 1.165) is 11.4 Å². The highest BCUT2D eigenvalue weighted by Gasteiger charge is 1.81. The number of para-hydroxylation sites is 1. The van der Waals surface area contributed by atoms with Crippen molar-refractivity contribution in [3.05, 3.63) is 60.2 Å². The van der Waals surface area contributed by atoms with Crippen LogP contribution in [-0.4, -0.2) is 7.05 Å². The Bertz CT molecular complexity index is 393. The summed E-state index contributed by atoms with van der Waals surface area (Å²) in [5.74, 6) is 0. The molecular weight excluding hydrogens is 196 g/mol. The fourth-order valence-corrected chi connectivity index (χ4v) is 1.27. The normalized spacial score (nSPS) is 8.88. The standard InChI is InChI=1S/2C7H9N/c1-6-3-2-4-7(8)5-6;1-8-7-5-3-2-4-6-7/h2-5H,8H2,1H3;2-6,8H,1H3. The molecule has 0 heterocycles. The maximum atomic E-state index is 5.46. The number of anilines is 2. The summed E-state index contributed by atoms with van der Waals surface area (Å²) in [5.41, 5.74) is 8.67. The molecule has 0 saturated heterocycles. The van der Waals surface area contributed by atoms with E-state index in [9.17, 15) is 0 Å². The largest absolute Gasteiger partial charge is 0.399 e. The minimum absolute atomic E-state index is 0.838. The lowest BCUT2D eigenvalue weighted by molar-refractivity contribution is 1.47. The Balaban J connectivity index is 0.000000160. The van der Waals surface area contributed by atoms with E-state index in [4.69, 9.17) is 5.73 Å². The third kappa shape index (κ3) is 4.51. The minimum atomic E-state index is 0.838. The van der Waals surface area contributed by atoms with Crippen LogP contribution >= 0.6 is 0 Å². The molecule has 2 nitrogen and oxygen atoms in total. The van der Waals surface area contributed by atoms with Gasteiger partial charge in [-0.1, -0.05) is 30.3 Å². The van der Waals surface area contributed by atoms with Gasteiger partial charge < -0.3 is 11.1 Å². The van der Waals surface area contributed by atoms with Crippen LogP contribution < -0.4 is 11.1 Å². The van der Waals surface area contributed by atoms with Crippen molar-refractivity contribution in [2.24, 2.45) is 0 Å². The summed E-state index contributed by atoms with van der Waals surface area (Å²) in [6, 6.07) is 17.9. The van der Waals surface area contributed by atoms with E-state index in [-0.39, 0.29) is 0 Å². The number of rotatable bonds is 1. The molecule has 0 aliphatic rings. The molecule has 0 saturated carbocycles. The Morgan fingerprint density at radius 2 is 1.62 bits per heavy atom. The highest BCUT2D eigenvalue weighted by molar-refractivity contribution is 5.41. The molecular formula is C14H18N2. The molecule has 0 amide bonds. The Morgan fingerprint density at radius 3 is 2.00 bits per heavy atom. The fourth-order valence-electron chi connectivity index (χ4n) is 1.27. The maximum absolute atomic E-state index is 5.46. The van der Waals surface area contributed by atoms with Gasteiger partial charge in [0.1, 0.15) is 0 Å². The average Bonchev–Trinajstić information content (AvgIpc) is 2.31. The third-order valence-corrected chi connectivity index (χ3v) is 2.10. The summed E-state index contributed by atoms with van der Waals surface area (Å²) in [6.45, 7) is 2.02. The average molecular weight is 214 g/mol. The molecule has 0 aliphatic carbocycles. The van der Waals surface area contributed by atoms with Crippen LogP contribution in [0, 0.1) is 6.92 Å². The van der Waals surface area contributed by atoms with Crippen LogP contribution in [0.5, 0.6) is 0 Å². The minimum Gasteiger partial charge on any atom is -0.399 e. The van der Waals surface area contributed by atoms with Gasteiger partial charge in [0.2, 0.25) is 0 Å². The Labute approximate surface area is 97.1 Å². The highest BCUT2D eigenvalue weighted by atomic mass is 14.8. The van der Waals surface area contributed by atoms with Crippen LogP contribution in [0.4, 0.5) is 11.4 Å². The van der Waals surface area contributed by atoms with Crippen LogP contribution in [0.15, 0.2) is 54.6 Å². The first kappa shape index (κ1) is 12.1. The van der Waals surface area contributed by atoms with E-state index in [1.54, 1.807) is 0 Å². The number of hydrogen-bond donors (Lipinski definition) is 2. The molecule has 0 unspecified atom stereocenters. The van der Waals surface area contributed by atoms with Crippen LogP contribution in [-0.2, 0) is 0 Å². The molecule has 0 spiro atoms. The van der Waals surface area contributed by atoms with Crippen LogP contribution in [0.25, 0.3) is 0 Å². The summed E-state index contributed by atoms with van der Waals surface area (Å²) < 4.78 is 0. The van der Waals surface area contributed by atoms with Gasteiger partial charge in [0.25, 0.3) is 0 Å². The summed E-state index contributed by atoms with van der Waals surface area (Å²) in [5, 5.41) is 3.03. The Kier molecular flexibility index (Phi) is 4.93. The van der Waals surface area contributed by atoms with Crippen LogP contribution in [0.3, 0.4) is 0 Å². The summed E-state index contributed by atoms with van der Waals surface area (Å²) in [7, 11) is 1.91. The second-order valence-electron chi connectivity index (χ2n) is 3.53. The lowest BCUT2D eigenvalue weighted by atomic mass is 10.2. The highest BCUT2D eigenvalue weighted by Crippen LogP contribution is 2.03. The van der Waals surface area contributed by atoms with Crippen LogP contribution in [0.2, 0.25) is 0 Å². The van der Waals surface area contributed by atoms with Gasteiger partial charge in [0.05, 0.1) is 0 Å². The van der Waals surface area contributed by atoms with Crippen molar-refractivity contribution in [1.82, 2.24) is 0 Å². The number of benzene rings is 2. The van der Waals surface area contributed by atoms with Gasteiger partial charge in [-0.15, -0.1) is 0 Å². The number of nitrogens with two attached hydrogens (primary N) is 1. The SMILES string of the molecule is CNc1ccccc1.Cc1cccc(N)c1. The third-order valence-electron chi connectivity index (χ3n) is 2.10. The van der Waals surface area contributed by atoms with E-state index < -0.39 is 0 Å². The molecule has 16 heavy (non-hydrogen) atoms. The van der Waals surface area contributed by atoms with Crippen molar-refractivity contribution in [1.29, 1.82) is 0 Å². The van der Waals surface area contributed by atoms with Gasteiger partial charge in [-0.3, -0.25) is 0 Å². The first-order valence-corrected chi connectivity index (χ1v) is 5.27. The Morgan fingerprint density at radius 1 is 0.938 bits per heavy atom. The zero-order chi connectivity index (χ0) is 11.8. The van der Waals surface area contributed by atoms with Crippen LogP contribution in [0.1, 0.15) is 5.56 Å². The molecule has 0 fully saturated rings. The molecule has 2 aromatic rings. The smallest absolute Gasteiger partial charge is 0.0337 e. The van der Waals surface area contributed by atoms with Gasteiger partial charge >= 0.3 is 0 Å². The molecule has 0 aromatic heterocycles. The molecule has 0 aliphatic heterocycles. The monoisotopic (exact) mass is 214 g/mol. The van der Waals surface area contributed by atoms with E-state index in [1.807, 2.05) is 68.6 Å². The topological polar surface area (TPSA) is 38.0 Å². The van der Waals surface area contributed by atoms with Gasteiger partial charge in [0.15, 0.2) is 0 Å². The Hall–Kier alpha value is -1.96. The van der Waals surface area contributed by atoms with Crippen molar-refractivity contribution in [2.75, 3.05) is 18.1 Å². The second-order valence-corrected chi connectivity index (χ2v) is 3.53. The predicted octanol–water partition coefficient (Wildman–Crippen LogP) is 3.31. The lowest BCUT2D eigenvalue weighted by Crippen LogP contribution is -1.84. The van der Waals surface area contributed by atoms with E-state index >= 15 is 0 Å². The van der Waals surface area contributed by atoms with Crippen molar-refractivity contribution in [2.45, 2.75) is 6.92 Å².